The number of quaternary nitrogens is 2. The molecule has 2 rings (SSSR count). The highest BCUT2D eigenvalue weighted by Gasteiger charge is 2.43. The van der Waals surface area contributed by atoms with E-state index in [1.807, 2.05) is 0 Å². The second-order valence-corrected chi connectivity index (χ2v) is 8.48. The van der Waals surface area contributed by atoms with Gasteiger partial charge in [-0.2, -0.15) is 0 Å². The Kier molecular flexibility index (Phi) is 5.31. The van der Waals surface area contributed by atoms with Crippen molar-refractivity contribution in [3.05, 3.63) is 0 Å². The Hall–Kier alpha value is -0.610. The summed E-state index contributed by atoms with van der Waals surface area (Å²) >= 11 is 0. The highest BCUT2D eigenvalue weighted by atomic mass is 16.5. The van der Waals surface area contributed by atoms with Crippen molar-refractivity contribution < 1.29 is 20.2 Å². The van der Waals surface area contributed by atoms with Crippen LogP contribution in [0.25, 0.3) is 0 Å². The van der Waals surface area contributed by atoms with Gasteiger partial charge in [0.2, 0.25) is 0 Å². The van der Waals surface area contributed by atoms with Gasteiger partial charge >= 0.3 is 5.97 Å². The monoisotopic (exact) mass is 298 g/mol. The molecule has 21 heavy (non-hydrogen) atoms. The number of ether oxygens (including phenoxy) is 1. The molecule has 4 N–H and O–H groups in total. The Morgan fingerprint density at radius 1 is 1.10 bits per heavy atom. The minimum Gasteiger partial charge on any atom is -0.458 e. The molecule has 0 bridgehead atoms. The van der Waals surface area contributed by atoms with Crippen molar-refractivity contribution >= 4 is 5.97 Å². The zero-order valence-corrected chi connectivity index (χ0v) is 14.3. The van der Waals surface area contributed by atoms with Crippen LogP contribution in [0.4, 0.5) is 0 Å². The number of hydrogen-bond acceptors (Lipinski definition) is 2. The first-order valence-corrected chi connectivity index (χ1v) is 8.66. The average molecular weight is 298 g/mol. The molecule has 1 heterocycles. The van der Waals surface area contributed by atoms with E-state index in [1.165, 1.54) is 19.3 Å². The third-order valence-electron chi connectivity index (χ3n) is 4.83. The first-order valence-electron chi connectivity index (χ1n) is 8.66. The van der Waals surface area contributed by atoms with Crippen LogP contribution in [0.1, 0.15) is 72.6 Å². The molecule has 0 aromatic heterocycles. The standard InChI is InChI=1S/C17H32N2O2/c1-16(2)10-13(11-17(3,4)19-16)18-12-15(20)21-14-8-6-5-7-9-14/h13-14,18-19H,5-12H2,1-4H3/p+2. The lowest BCUT2D eigenvalue weighted by Gasteiger charge is -2.41. The first kappa shape index (κ1) is 16.8. The molecule has 2 aliphatic rings. The fraction of sp³-hybridized carbons (Fsp3) is 0.941. The third kappa shape index (κ3) is 5.59. The van der Waals surface area contributed by atoms with E-state index in [-0.39, 0.29) is 23.2 Å². The van der Waals surface area contributed by atoms with E-state index in [2.05, 4.69) is 38.3 Å². The molecular weight excluding hydrogens is 264 g/mol. The molecule has 4 nitrogen and oxygen atoms in total. The highest BCUT2D eigenvalue weighted by Crippen LogP contribution is 2.21. The smallest absolute Gasteiger partial charge is 0.361 e. The fourth-order valence-electron chi connectivity index (χ4n) is 4.45. The van der Waals surface area contributed by atoms with Crippen LogP contribution in [-0.2, 0) is 9.53 Å². The van der Waals surface area contributed by atoms with Crippen LogP contribution in [0, 0.1) is 0 Å². The lowest BCUT2D eigenvalue weighted by molar-refractivity contribution is -0.812. The normalized spacial score (nSPS) is 26.5. The van der Waals surface area contributed by atoms with E-state index < -0.39 is 0 Å². The molecule has 0 amide bonds. The molecule has 4 heteroatoms. The summed E-state index contributed by atoms with van der Waals surface area (Å²) < 4.78 is 5.61. The van der Waals surface area contributed by atoms with Crippen LogP contribution in [0.3, 0.4) is 0 Å². The summed E-state index contributed by atoms with van der Waals surface area (Å²) in [6, 6.07) is 0.527. The zero-order chi connectivity index (χ0) is 15.5. The van der Waals surface area contributed by atoms with Gasteiger partial charge in [0, 0.05) is 0 Å². The van der Waals surface area contributed by atoms with Gasteiger partial charge in [-0.25, -0.2) is 4.79 Å². The van der Waals surface area contributed by atoms with Crippen molar-refractivity contribution in [1.82, 2.24) is 0 Å². The molecule has 2 fully saturated rings. The van der Waals surface area contributed by atoms with E-state index in [0.717, 1.165) is 25.7 Å². The van der Waals surface area contributed by atoms with Crippen LogP contribution in [0.2, 0.25) is 0 Å². The van der Waals surface area contributed by atoms with Crippen molar-refractivity contribution in [3.63, 3.8) is 0 Å². The number of piperidine rings is 1. The largest absolute Gasteiger partial charge is 0.458 e. The number of carbonyl (C=O) groups is 1. The summed E-state index contributed by atoms with van der Waals surface area (Å²) in [5.74, 6) is -0.0212. The number of rotatable bonds is 4. The molecule has 122 valence electrons. The summed E-state index contributed by atoms with van der Waals surface area (Å²) in [5.41, 5.74) is 0.520. The van der Waals surface area contributed by atoms with Crippen molar-refractivity contribution in [2.24, 2.45) is 0 Å². The molecular formula is C17H34N2O2+2. The van der Waals surface area contributed by atoms with Gasteiger partial charge in [0.15, 0.2) is 6.54 Å². The Morgan fingerprint density at radius 2 is 1.67 bits per heavy atom. The predicted octanol–water partition coefficient (Wildman–Crippen LogP) is 0.709. The summed E-state index contributed by atoms with van der Waals surface area (Å²) in [6.07, 6.45) is 8.31. The molecule has 1 saturated carbocycles. The van der Waals surface area contributed by atoms with Crippen LogP contribution in [0.15, 0.2) is 0 Å². The average Bonchev–Trinajstić information content (AvgIpc) is 2.34. The van der Waals surface area contributed by atoms with Gasteiger partial charge in [0.1, 0.15) is 6.10 Å². The predicted molar refractivity (Wildman–Crippen MR) is 82.9 cm³/mol. The Balaban J connectivity index is 1.75. The minimum atomic E-state index is -0.0212. The van der Waals surface area contributed by atoms with Gasteiger partial charge in [0.05, 0.1) is 30.0 Å². The van der Waals surface area contributed by atoms with Gasteiger partial charge in [-0.3, -0.25) is 0 Å². The lowest BCUT2D eigenvalue weighted by atomic mass is 9.79. The second kappa shape index (κ2) is 6.66. The molecule has 1 aliphatic heterocycles. The van der Waals surface area contributed by atoms with E-state index in [1.54, 1.807) is 0 Å². The van der Waals surface area contributed by atoms with E-state index in [0.29, 0.717) is 12.6 Å². The quantitative estimate of drug-likeness (QED) is 0.751. The molecule has 0 spiro atoms. The summed E-state index contributed by atoms with van der Waals surface area (Å²) in [5, 5.41) is 4.69. The van der Waals surface area contributed by atoms with Crippen LogP contribution in [0.5, 0.6) is 0 Å². The molecule has 0 aromatic carbocycles. The molecule has 0 atom stereocenters. The SMILES string of the molecule is CC1(C)CC([NH2+]CC(=O)OC2CCCCC2)CC(C)(C)[NH2+]1. The second-order valence-electron chi connectivity index (χ2n) is 8.48. The Morgan fingerprint density at radius 3 is 2.24 bits per heavy atom. The molecule has 1 saturated heterocycles. The van der Waals surface area contributed by atoms with Crippen molar-refractivity contribution in [3.8, 4) is 0 Å². The van der Waals surface area contributed by atoms with E-state index in [9.17, 15) is 4.79 Å². The number of hydrogen-bond donors (Lipinski definition) is 2. The Labute approximate surface area is 129 Å². The highest BCUT2D eigenvalue weighted by molar-refractivity contribution is 5.70. The molecule has 0 unspecified atom stereocenters. The van der Waals surface area contributed by atoms with Crippen LogP contribution < -0.4 is 10.6 Å². The van der Waals surface area contributed by atoms with Gasteiger partial charge in [-0.15, -0.1) is 0 Å². The first-order chi connectivity index (χ1) is 9.76. The molecule has 0 radical (unpaired) electrons. The van der Waals surface area contributed by atoms with Gasteiger partial charge < -0.3 is 15.4 Å². The van der Waals surface area contributed by atoms with Crippen molar-refractivity contribution in [2.45, 2.75) is 95.9 Å². The maximum atomic E-state index is 12.0. The zero-order valence-electron chi connectivity index (χ0n) is 14.3. The minimum absolute atomic E-state index is 0.0212. The number of carbonyl (C=O) groups excluding carboxylic acids is 1. The van der Waals surface area contributed by atoms with Crippen molar-refractivity contribution in [2.75, 3.05) is 6.54 Å². The maximum Gasteiger partial charge on any atom is 0.361 e. The topological polar surface area (TPSA) is 59.5 Å². The van der Waals surface area contributed by atoms with Gasteiger partial charge in [-0.05, 0) is 53.4 Å². The molecule has 1 aliphatic carbocycles. The van der Waals surface area contributed by atoms with Crippen LogP contribution in [-0.4, -0.2) is 35.7 Å². The summed E-state index contributed by atoms with van der Waals surface area (Å²) in [6.45, 7) is 9.68. The van der Waals surface area contributed by atoms with E-state index in [4.69, 9.17) is 4.74 Å². The van der Waals surface area contributed by atoms with Crippen molar-refractivity contribution in [1.29, 1.82) is 0 Å². The summed E-state index contributed by atoms with van der Waals surface area (Å²) in [4.78, 5) is 12.0. The van der Waals surface area contributed by atoms with E-state index >= 15 is 0 Å². The van der Waals surface area contributed by atoms with Gasteiger partial charge in [0.25, 0.3) is 0 Å². The molecule has 0 aromatic rings. The maximum absolute atomic E-state index is 12.0. The van der Waals surface area contributed by atoms with Crippen LogP contribution >= 0.6 is 0 Å². The third-order valence-corrected chi connectivity index (χ3v) is 4.83. The van der Waals surface area contributed by atoms with Gasteiger partial charge in [-0.1, -0.05) is 6.42 Å². The number of esters is 1. The number of nitrogens with two attached hydrogens (primary N) is 2. The lowest BCUT2D eigenvalue weighted by Crippen LogP contribution is -3.09. The Bertz CT molecular complexity index is 344. The summed E-state index contributed by atoms with van der Waals surface area (Å²) in [7, 11) is 0. The fourth-order valence-corrected chi connectivity index (χ4v) is 4.45.